The largest absolute Gasteiger partial charge is 0.324 e. The van der Waals surface area contributed by atoms with Crippen LogP contribution in [0.3, 0.4) is 0 Å². The van der Waals surface area contributed by atoms with Crippen LogP contribution in [0.2, 0.25) is 0 Å². The van der Waals surface area contributed by atoms with Crippen molar-refractivity contribution < 1.29 is 17.7 Å². The van der Waals surface area contributed by atoms with Gasteiger partial charge < -0.3 is 5.32 Å². The lowest BCUT2D eigenvalue weighted by atomic mass is 10.2. The van der Waals surface area contributed by atoms with Crippen LogP contribution < -0.4 is 5.32 Å². The van der Waals surface area contributed by atoms with E-state index >= 15 is 0 Å². The second kappa shape index (κ2) is 8.00. The molecule has 0 radical (unpaired) electrons. The van der Waals surface area contributed by atoms with Gasteiger partial charge in [-0.2, -0.15) is 8.70 Å². The number of halogens is 2. The number of para-hydroxylation sites is 1. The van der Waals surface area contributed by atoms with E-state index in [9.17, 15) is 22.9 Å². The first-order valence-corrected chi connectivity index (χ1v) is 8.49. The number of sulfonamides is 1. The summed E-state index contributed by atoms with van der Waals surface area (Å²) in [6, 6.07) is 2.87. The summed E-state index contributed by atoms with van der Waals surface area (Å²) in [7, 11) is -4.13. The Kier molecular flexibility index (Phi) is 6.87. The van der Waals surface area contributed by atoms with E-state index in [0.717, 1.165) is 12.1 Å². The highest BCUT2D eigenvalue weighted by molar-refractivity contribution is 7.89. The zero-order valence-corrected chi connectivity index (χ0v) is 14.2. The van der Waals surface area contributed by atoms with E-state index in [2.05, 4.69) is 5.32 Å². The van der Waals surface area contributed by atoms with Crippen molar-refractivity contribution in [1.82, 2.24) is 9.62 Å². The molecule has 1 heterocycles. The third-order valence-corrected chi connectivity index (χ3v) is 5.59. The van der Waals surface area contributed by atoms with Gasteiger partial charge in [-0.25, -0.2) is 8.42 Å². The van der Waals surface area contributed by atoms with Gasteiger partial charge in [0.15, 0.2) is 4.90 Å². The SMILES string of the molecule is CCCN(C1CCNC1)S(=O)(=O)c1cccc(F)c1[N+](=O)[O-].Cl. The molecule has 0 spiro atoms. The van der Waals surface area contributed by atoms with Crippen LogP contribution >= 0.6 is 12.4 Å². The molecule has 1 unspecified atom stereocenters. The van der Waals surface area contributed by atoms with Gasteiger partial charge in [-0.3, -0.25) is 10.1 Å². The van der Waals surface area contributed by atoms with Crippen molar-refractivity contribution in [2.45, 2.75) is 30.7 Å². The van der Waals surface area contributed by atoms with Crippen molar-refractivity contribution in [3.63, 3.8) is 0 Å². The molecule has 0 amide bonds. The number of nitro groups is 1. The number of benzene rings is 1. The smallest absolute Gasteiger partial charge is 0.315 e. The monoisotopic (exact) mass is 367 g/mol. The Morgan fingerprint density at radius 2 is 2.17 bits per heavy atom. The molecule has 1 saturated heterocycles. The lowest BCUT2D eigenvalue weighted by molar-refractivity contribution is -0.390. The second-order valence-corrected chi connectivity index (χ2v) is 6.97. The summed E-state index contributed by atoms with van der Waals surface area (Å²) in [6.45, 7) is 3.24. The maximum Gasteiger partial charge on any atom is 0.324 e. The van der Waals surface area contributed by atoms with E-state index in [-0.39, 0.29) is 25.0 Å². The number of nitrogens with one attached hydrogen (secondary N) is 1. The molecule has 1 fully saturated rings. The summed E-state index contributed by atoms with van der Waals surface area (Å²) in [5, 5.41) is 14.1. The average Bonchev–Trinajstić information content (AvgIpc) is 2.97. The van der Waals surface area contributed by atoms with Crippen LogP contribution in [-0.2, 0) is 10.0 Å². The maximum atomic E-state index is 13.7. The molecule has 0 bridgehead atoms. The van der Waals surface area contributed by atoms with Gasteiger partial charge in [0, 0.05) is 19.1 Å². The van der Waals surface area contributed by atoms with Crippen molar-refractivity contribution in [2.75, 3.05) is 19.6 Å². The molecule has 2 rings (SSSR count). The number of rotatable bonds is 6. The summed E-state index contributed by atoms with van der Waals surface area (Å²) < 4.78 is 40.6. The molecule has 1 atom stereocenters. The molecule has 0 aromatic heterocycles. The Hall–Kier alpha value is -1.29. The van der Waals surface area contributed by atoms with Crippen molar-refractivity contribution in [1.29, 1.82) is 0 Å². The van der Waals surface area contributed by atoms with Gasteiger partial charge in [0.25, 0.3) is 0 Å². The molecule has 0 saturated carbocycles. The minimum absolute atomic E-state index is 0. The van der Waals surface area contributed by atoms with Gasteiger partial charge in [-0.05, 0) is 31.5 Å². The highest BCUT2D eigenvalue weighted by Gasteiger charge is 2.38. The Bertz CT molecular complexity index is 665. The Balaban J connectivity index is 0.00000264. The first kappa shape index (κ1) is 19.8. The molecule has 7 nitrogen and oxygen atoms in total. The molecule has 1 aromatic rings. The third-order valence-electron chi connectivity index (χ3n) is 3.60. The van der Waals surface area contributed by atoms with E-state index in [1.54, 1.807) is 0 Å². The van der Waals surface area contributed by atoms with Gasteiger partial charge in [0.1, 0.15) is 0 Å². The number of nitro benzene ring substituents is 1. The van der Waals surface area contributed by atoms with E-state index in [1.165, 1.54) is 10.4 Å². The highest BCUT2D eigenvalue weighted by atomic mass is 35.5. The quantitative estimate of drug-likeness (QED) is 0.612. The van der Waals surface area contributed by atoms with Crippen LogP contribution in [0.5, 0.6) is 0 Å². The Morgan fingerprint density at radius 1 is 1.48 bits per heavy atom. The summed E-state index contributed by atoms with van der Waals surface area (Å²) >= 11 is 0. The van der Waals surface area contributed by atoms with E-state index in [4.69, 9.17) is 0 Å². The van der Waals surface area contributed by atoms with Gasteiger partial charge >= 0.3 is 5.69 Å². The topological polar surface area (TPSA) is 92.6 Å². The van der Waals surface area contributed by atoms with Crippen molar-refractivity contribution in [3.05, 3.63) is 34.1 Å². The molecule has 1 N–H and O–H groups in total. The molecule has 23 heavy (non-hydrogen) atoms. The van der Waals surface area contributed by atoms with Gasteiger partial charge in [-0.1, -0.05) is 13.0 Å². The second-order valence-electron chi connectivity index (χ2n) is 5.11. The van der Waals surface area contributed by atoms with E-state index < -0.39 is 31.3 Å². The maximum absolute atomic E-state index is 13.7. The lowest BCUT2D eigenvalue weighted by Crippen LogP contribution is -2.42. The van der Waals surface area contributed by atoms with Crippen molar-refractivity contribution in [3.8, 4) is 0 Å². The van der Waals surface area contributed by atoms with Gasteiger partial charge in [0.05, 0.1) is 4.92 Å². The van der Waals surface area contributed by atoms with Crippen LogP contribution in [0, 0.1) is 15.9 Å². The fourth-order valence-corrected chi connectivity index (χ4v) is 4.53. The van der Waals surface area contributed by atoms with Crippen LogP contribution in [-0.4, -0.2) is 43.3 Å². The van der Waals surface area contributed by atoms with Crippen LogP contribution in [0.15, 0.2) is 23.1 Å². The first-order valence-electron chi connectivity index (χ1n) is 7.05. The molecule has 1 aliphatic rings. The minimum atomic E-state index is -4.13. The molecule has 0 aliphatic carbocycles. The molecule has 1 aromatic carbocycles. The summed E-state index contributed by atoms with van der Waals surface area (Å²) in [5.41, 5.74) is -0.991. The fraction of sp³-hybridized carbons (Fsp3) is 0.538. The zero-order valence-electron chi connectivity index (χ0n) is 12.6. The highest BCUT2D eigenvalue weighted by Crippen LogP contribution is 2.31. The van der Waals surface area contributed by atoms with E-state index in [1.807, 2.05) is 6.92 Å². The van der Waals surface area contributed by atoms with Gasteiger partial charge in [0.2, 0.25) is 15.8 Å². The summed E-state index contributed by atoms with van der Waals surface area (Å²) in [6.07, 6.45) is 1.20. The Morgan fingerprint density at radius 3 is 2.70 bits per heavy atom. The van der Waals surface area contributed by atoms with Gasteiger partial charge in [-0.15, -0.1) is 12.4 Å². The van der Waals surface area contributed by atoms with Crippen molar-refractivity contribution in [2.24, 2.45) is 0 Å². The summed E-state index contributed by atoms with van der Waals surface area (Å²) in [5.74, 6) is -1.15. The fourth-order valence-electron chi connectivity index (χ4n) is 2.61. The zero-order chi connectivity index (χ0) is 16.3. The standard InChI is InChI=1S/C13H18FN3O4S.ClH/c1-2-8-16(10-6-7-15-9-10)22(20,21)12-5-3-4-11(14)13(12)17(18)19;/h3-5,10,15H,2,6-9H2,1H3;1H. The van der Waals surface area contributed by atoms with Crippen LogP contribution in [0.4, 0.5) is 10.1 Å². The lowest BCUT2D eigenvalue weighted by Gasteiger charge is -2.27. The van der Waals surface area contributed by atoms with E-state index in [0.29, 0.717) is 25.9 Å². The van der Waals surface area contributed by atoms with Crippen LogP contribution in [0.25, 0.3) is 0 Å². The minimum Gasteiger partial charge on any atom is -0.315 e. The molecule has 1 aliphatic heterocycles. The number of hydrogen-bond acceptors (Lipinski definition) is 5. The summed E-state index contributed by atoms with van der Waals surface area (Å²) in [4.78, 5) is 9.49. The number of hydrogen-bond donors (Lipinski definition) is 1. The average molecular weight is 368 g/mol. The number of nitrogens with zero attached hydrogens (tertiary/aromatic N) is 2. The normalized spacial score (nSPS) is 18.0. The molecular formula is C13H19ClFN3O4S. The molecule has 10 heteroatoms. The van der Waals surface area contributed by atoms with Crippen molar-refractivity contribution >= 4 is 28.1 Å². The Labute approximate surface area is 140 Å². The third kappa shape index (κ3) is 3.97. The predicted molar refractivity (Wildman–Crippen MR) is 85.8 cm³/mol. The first-order chi connectivity index (χ1) is 10.4. The van der Waals surface area contributed by atoms with Crippen LogP contribution in [0.1, 0.15) is 19.8 Å². The molecule has 130 valence electrons. The molecular weight excluding hydrogens is 349 g/mol. The predicted octanol–water partition coefficient (Wildman–Crippen LogP) is 1.92.